The number of hydrogen-bond donors (Lipinski definition) is 0. The second-order valence-corrected chi connectivity index (χ2v) is 4.50. The molecule has 0 spiro atoms. The molecular formula is C18H19NO. The van der Waals surface area contributed by atoms with E-state index in [4.69, 9.17) is 4.74 Å². The van der Waals surface area contributed by atoms with Crippen LogP contribution in [0.25, 0.3) is 0 Å². The minimum Gasteiger partial charge on any atom is -0.465 e. The average Bonchev–Trinajstić information content (AvgIpc) is 2.52. The van der Waals surface area contributed by atoms with Gasteiger partial charge in [-0.2, -0.15) is 0 Å². The van der Waals surface area contributed by atoms with E-state index in [0.717, 1.165) is 17.0 Å². The van der Waals surface area contributed by atoms with E-state index in [2.05, 4.69) is 17.1 Å². The smallest absolute Gasteiger partial charge is 0.127 e. The second kappa shape index (κ2) is 7.29. The first-order valence-electron chi connectivity index (χ1n) is 6.73. The molecule has 0 amide bonds. The molecule has 0 fully saturated rings. The van der Waals surface area contributed by atoms with E-state index < -0.39 is 0 Å². The van der Waals surface area contributed by atoms with Gasteiger partial charge in [-0.25, -0.2) is 0 Å². The molecule has 20 heavy (non-hydrogen) atoms. The van der Waals surface area contributed by atoms with Gasteiger partial charge in [-0.05, 0) is 37.1 Å². The highest BCUT2D eigenvalue weighted by atomic mass is 16.5. The molecule has 0 bridgehead atoms. The summed E-state index contributed by atoms with van der Waals surface area (Å²) in [6, 6.07) is 18.2. The third kappa shape index (κ3) is 4.09. The Balaban J connectivity index is 2.10. The molecule has 0 radical (unpaired) electrons. The van der Waals surface area contributed by atoms with E-state index in [-0.39, 0.29) is 0 Å². The summed E-state index contributed by atoms with van der Waals surface area (Å²) in [7, 11) is 0. The van der Waals surface area contributed by atoms with Crippen LogP contribution in [-0.4, -0.2) is 5.71 Å². The van der Waals surface area contributed by atoms with Crippen molar-refractivity contribution in [2.24, 2.45) is 4.99 Å². The van der Waals surface area contributed by atoms with Crippen LogP contribution in [-0.2, 0) is 6.54 Å². The molecule has 0 heterocycles. The SMILES string of the molecule is C/C=C/Oc1cccc(C(C)=NCc2ccccc2)c1. The Morgan fingerprint density at radius 3 is 2.65 bits per heavy atom. The lowest BCUT2D eigenvalue weighted by molar-refractivity contribution is 0.480. The van der Waals surface area contributed by atoms with Gasteiger partial charge in [0.15, 0.2) is 0 Å². The summed E-state index contributed by atoms with van der Waals surface area (Å²) in [5.41, 5.74) is 3.32. The number of allylic oxidation sites excluding steroid dienone is 1. The van der Waals surface area contributed by atoms with Crippen molar-refractivity contribution in [1.82, 2.24) is 0 Å². The fourth-order valence-corrected chi connectivity index (χ4v) is 1.83. The first-order valence-corrected chi connectivity index (χ1v) is 6.73. The van der Waals surface area contributed by atoms with Crippen LogP contribution >= 0.6 is 0 Å². The van der Waals surface area contributed by atoms with Gasteiger partial charge in [0.2, 0.25) is 0 Å². The number of rotatable bonds is 5. The molecule has 0 aliphatic carbocycles. The fraction of sp³-hybridized carbons (Fsp3) is 0.167. The van der Waals surface area contributed by atoms with Gasteiger partial charge >= 0.3 is 0 Å². The Hall–Kier alpha value is -2.35. The average molecular weight is 265 g/mol. The molecule has 102 valence electrons. The van der Waals surface area contributed by atoms with Crippen LogP contribution in [0.2, 0.25) is 0 Å². The molecule has 0 atom stereocenters. The minimum atomic E-state index is 0.701. The first-order chi connectivity index (χ1) is 9.79. The number of benzene rings is 2. The maximum atomic E-state index is 5.47. The quantitative estimate of drug-likeness (QED) is 0.571. The van der Waals surface area contributed by atoms with Crippen molar-refractivity contribution in [2.75, 3.05) is 0 Å². The Bertz CT molecular complexity index is 600. The highest BCUT2D eigenvalue weighted by Gasteiger charge is 1.99. The summed E-state index contributed by atoms with van der Waals surface area (Å²) in [6.45, 7) is 4.65. The number of hydrogen-bond acceptors (Lipinski definition) is 2. The molecular weight excluding hydrogens is 246 g/mol. The van der Waals surface area contributed by atoms with E-state index in [1.807, 2.05) is 62.4 Å². The zero-order valence-electron chi connectivity index (χ0n) is 11.9. The molecule has 2 nitrogen and oxygen atoms in total. The van der Waals surface area contributed by atoms with Gasteiger partial charge in [0, 0.05) is 5.71 Å². The van der Waals surface area contributed by atoms with Gasteiger partial charge in [0.25, 0.3) is 0 Å². The Morgan fingerprint density at radius 2 is 1.90 bits per heavy atom. The van der Waals surface area contributed by atoms with E-state index in [9.17, 15) is 0 Å². The van der Waals surface area contributed by atoms with Crippen molar-refractivity contribution >= 4 is 5.71 Å². The fourth-order valence-electron chi connectivity index (χ4n) is 1.83. The van der Waals surface area contributed by atoms with Crippen LogP contribution in [0.3, 0.4) is 0 Å². The number of nitrogens with zero attached hydrogens (tertiary/aromatic N) is 1. The molecule has 2 aromatic rings. The monoisotopic (exact) mass is 265 g/mol. The standard InChI is InChI=1S/C18H19NO/c1-3-12-20-18-11-7-10-17(13-18)15(2)19-14-16-8-5-4-6-9-16/h3-13H,14H2,1-2H3/b12-3+,19-15?. The van der Waals surface area contributed by atoms with Crippen molar-refractivity contribution in [1.29, 1.82) is 0 Å². The van der Waals surface area contributed by atoms with Gasteiger partial charge in [-0.15, -0.1) is 0 Å². The highest BCUT2D eigenvalue weighted by Crippen LogP contribution is 2.15. The van der Waals surface area contributed by atoms with E-state index >= 15 is 0 Å². The van der Waals surface area contributed by atoms with Crippen molar-refractivity contribution < 1.29 is 4.74 Å². The van der Waals surface area contributed by atoms with Gasteiger partial charge < -0.3 is 4.74 Å². The lowest BCUT2D eigenvalue weighted by Crippen LogP contribution is -1.96. The molecule has 2 heteroatoms. The van der Waals surface area contributed by atoms with Gasteiger partial charge in [0.05, 0.1) is 12.8 Å². The third-order valence-electron chi connectivity index (χ3n) is 2.93. The zero-order chi connectivity index (χ0) is 14.2. The van der Waals surface area contributed by atoms with Crippen molar-refractivity contribution in [3.8, 4) is 5.75 Å². The topological polar surface area (TPSA) is 21.6 Å². The Kier molecular flexibility index (Phi) is 5.13. The van der Waals surface area contributed by atoms with E-state index in [1.165, 1.54) is 5.56 Å². The predicted octanol–water partition coefficient (Wildman–Crippen LogP) is 4.61. The van der Waals surface area contributed by atoms with Crippen LogP contribution in [0.1, 0.15) is 25.0 Å². The van der Waals surface area contributed by atoms with Gasteiger partial charge in [-0.3, -0.25) is 4.99 Å². The van der Waals surface area contributed by atoms with Crippen LogP contribution < -0.4 is 4.74 Å². The largest absolute Gasteiger partial charge is 0.465 e. The third-order valence-corrected chi connectivity index (χ3v) is 2.93. The summed E-state index contributed by atoms with van der Waals surface area (Å²) in [4.78, 5) is 4.63. The van der Waals surface area contributed by atoms with Crippen molar-refractivity contribution in [3.63, 3.8) is 0 Å². The molecule has 0 saturated heterocycles. The zero-order valence-corrected chi connectivity index (χ0v) is 11.9. The summed E-state index contributed by atoms with van der Waals surface area (Å²) < 4.78 is 5.47. The predicted molar refractivity (Wildman–Crippen MR) is 84.2 cm³/mol. The molecule has 0 unspecified atom stereocenters. The lowest BCUT2D eigenvalue weighted by Gasteiger charge is -2.05. The number of aliphatic imine (C=N–C) groups is 1. The molecule has 0 saturated carbocycles. The van der Waals surface area contributed by atoms with Gasteiger partial charge in [-0.1, -0.05) is 48.5 Å². The maximum Gasteiger partial charge on any atom is 0.127 e. The number of ether oxygens (including phenoxy) is 1. The first kappa shape index (κ1) is 14.1. The van der Waals surface area contributed by atoms with Crippen LogP contribution in [0, 0.1) is 0 Å². The molecule has 2 rings (SSSR count). The van der Waals surface area contributed by atoms with Crippen molar-refractivity contribution in [3.05, 3.63) is 78.1 Å². The Labute approximate surface area is 120 Å². The molecule has 2 aromatic carbocycles. The van der Waals surface area contributed by atoms with Crippen LogP contribution in [0.5, 0.6) is 5.75 Å². The second-order valence-electron chi connectivity index (χ2n) is 4.50. The van der Waals surface area contributed by atoms with E-state index in [0.29, 0.717) is 6.54 Å². The summed E-state index contributed by atoms with van der Waals surface area (Å²) in [6.07, 6.45) is 3.54. The summed E-state index contributed by atoms with van der Waals surface area (Å²) in [5, 5.41) is 0. The highest BCUT2D eigenvalue weighted by molar-refractivity contribution is 5.99. The van der Waals surface area contributed by atoms with Crippen LogP contribution in [0.4, 0.5) is 0 Å². The van der Waals surface area contributed by atoms with Crippen molar-refractivity contribution in [2.45, 2.75) is 20.4 Å². The Morgan fingerprint density at radius 1 is 1.10 bits per heavy atom. The summed E-state index contributed by atoms with van der Waals surface area (Å²) >= 11 is 0. The van der Waals surface area contributed by atoms with E-state index in [1.54, 1.807) is 6.26 Å². The van der Waals surface area contributed by atoms with Crippen LogP contribution in [0.15, 0.2) is 71.9 Å². The van der Waals surface area contributed by atoms with Gasteiger partial charge in [0.1, 0.15) is 5.75 Å². The molecule has 0 N–H and O–H groups in total. The normalized spacial score (nSPS) is 11.8. The molecule has 0 aliphatic rings. The lowest BCUT2D eigenvalue weighted by atomic mass is 10.1. The summed E-state index contributed by atoms with van der Waals surface area (Å²) in [5.74, 6) is 0.829. The molecule has 0 aromatic heterocycles. The molecule has 0 aliphatic heterocycles. The maximum absolute atomic E-state index is 5.47. The minimum absolute atomic E-state index is 0.701.